The van der Waals surface area contributed by atoms with Crippen LogP contribution in [0.15, 0.2) is 25.1 Å². The Morgan fingerprint density at radius 2 is 2.22 bits per heavy atom. The first kappa shape index (κ1) is 13.9. The van der Waals surface area contributed by atoms with E-state index in [0.717, 1.165) is 28.0 Å². The van der Waals surface area contributed by atoms with Gasteiger partial charge in [-0.15, -0.1) is 11.3 Å². The number of nitrogens with zero attached hydrogens (tertiary/aromatic N) is 2. The number of aliphatic imine (C=N–C) groups is 1. The highest BCUT2D eigenvalue weighted by molar-refractivity contribution is 9.11. The van der Waals surface area contributed by atoms with Gasteiger partial charge in [-0.3, -0.25) is 0 Å². The Kier molecular flexibility index (Phi) is 4.34. The van der Waals surface area contributed by atoms with E-state index in [-0.39, 0.29) is 4.21 Å². The predicted molar refractivity (Wildman–Crippen MR) is 71.7 cm³/mol. The molecule has 2 heterocycles. The monoisotopic (exact) mass is 350 g/mol. The summed E-state index contributed by atoms with van der Waals surface area (Å²) in [7, 11) is -3.56. The lowest BCUT2D eigenvalue weighted by Gasteiger charge is -2.30. The summed E-state index contributed by atoms with van der Waals surface area (Å²) in [5.74, 6) is 0. The van der Waals surface area contributed by atoms with Crippen molar-refractivity contribution >= 4 is 43.4 Å². The Balaban J connectivity index is 2.35. The molecule has 8 heteroatoms. The molecule has 0 radical (unpaired) electrons. The van der Waals surface area contributed by atoms with Crippen molar-refractivity contribution in [3.05, 3.63) is 15.9 Å². The molecule has 1 aliphatic rings. The number of carbonyl (C=O) groups excluding carboxylic acids is 1. The van der Waals surface area contributed by atoms with Gasteiger partial charge in [-0.2, -0.15) is 9.30 Å². The SMILES string of the molecule is O=C=NC1CCCCN1S(=O)(=O)c1ccc(Br)s1. The zero-order valence-electron chi connectivity index (χ0n) is 9.37. The lowest BCUT2D eigenvalue weighted by molar-refractivity contribution is 0.260. The van der Waals surface area contributed by atoms with Crippen molar-refractivity contribution in [1.29, 1.82) is 0 Å². The van der Waals surface area contributed by atoms with Crippen LogP contribution in [0.5, 0.6) is 0 Å². The van der Waals surface area contributed by atoms with E-state index in [4.69, 9.17) is 0 Å². The number of rotatable bonds is 3. The van der Waals surface area contributed by atoms with E-state index >= 15 is 0 Å². The molecular formula is C10H11BrN2O3S2. The fourth-order valence-corrected chi connectivity index (χ4v) is 5.64. The smallest absolute Gasteiger partial charge is 0.211 e. The first-order valence-electron chi connectivity index (χ1n) is 5.40. The highest BCUT2D eigenvalue weighted by Gasteiger charge is 2.34. The number of isocyanates is 1. The van der Waals surface area contributed by atoms with Gasteiger partial charge in [0.05, 0.1) is 3.79 Å². The van der Waals surface area contributed by atoms with Crippen LogP contribution < -0.4 is 0 Å². The Hall–Kier alpha value is -0.530. The number of thiophene rings is 1. The minimum absolute atomic E-state index is 0.266. The fraction of sp³-hybridized carbons (Fsp3) is 0.500. The maximum absolute atomic E-state index is 12.4. The summed E-state index contributed by atoms with van der Waals surface area (Å²) in [6.07, 6.45) is 3.08. The van der Waals surface area contributed by atoms with Gasteiger partial charge in [-0.1, -0.05) is 0 Å². The van der Waals surface area contributed by atoms with Crippen molar-refractivity contribution in [3.8, 4) is 0 Å². The number of piperidine rings is 1. The summed E-state index contributed by atoms with van der Waals surface area (Å²) in [6.45, 7) is 0.397. The zero-order chi connectivity index (χ0) is 13.2. The number of sulfonamides is 1. The molecule has 0 spiro atoms. The van der Waals surface area contributed by atoms with E-state index in [1.165, 1.54) is 10.4 Å². The first-order valence-corrected chi connectivity index (χ1v) is 8.45. The van der Waals surface area contributed by atoms with Gasteiger partial charge >= 0.3 is 0 Å². The number of hydrogen-bond acceptors (Lipinski definition) is 5. The number of hydrogen-bond donors (Lipinski definition) is 0. The van der Waals surface area contributed by atoms with Crippen molar-refractivity contribution in [2.24, 2.45) is 4.99 Å². The molecular weight excluding hydrogens is 340 g/mol. The van der Waals surface area contributed by atoms with Crippen LogP contribution in [0, 0.1) is 0 Å². The molecule has 0 aromatic carbocycles. The molecule has 1 aliphatic heterocycles. The molecule has 5 nitrogen and oxygen atoms in total. The Morgan fingerprint density at radius 3 is 2.83 bits per heavy atom. The largest absolute Gasteiger partial charge is 0.254 e. The van der Waals surface area contributed by atoms with Crippen LogP contribution in [-0.2, 0) is 14.8 Å². The van der Waals surface area contributed by atoms with Crippen molar-refractivity contribution in [2.75, 3.05) is 6.54 Å². The average molecular weight is 351 g/mol. The van der Waals surface area contributed by atoms with Gasteiger partial charge in [0.2, 0.25) is 6.08 Å². The standard InChI is InChI=1S/C10H11BrN2O3S2/c11-8-4-5-10(17-8)18(15,16)13-6-2-1-3-9(13)12-7-14/h4-5,9H,1-3,6H2. The molecule has 1 atom stereocenters. The summed E-state index contributed by atoms with van der Waals surface area (Å²) in [5, 5.41) is 0. The third kappa shape index (κ3) is 2.73. The Labute approximate surface area is 118 Å². The van der Waals surface area contributed by atoms with E-state index in [0.29, 0.717) is 13.0 Å². The summed E-state index contributed by atoms with van der Waals surface area (Å²) < 4.78 is 27.1. The van der Waals surface area contributed by atoms with Crippen LogP contribution in [0.1, 0.15) is 19.3 Å². The molecule has 1 aromatic rings. The molecule has 0 saturated carbocycles. The molecule has 98 valence electrons. The van der Waals surface area contributed by atoms with Gasteiger partial charge < -0.3 is 0 Å². The van der Waals surface area contributed by atoms with E-state index in [2.05, 4.69) is 20.9 Å². The Bertz CT molecular complexity index is 578. The third-order valence-electron chi connectivity index (χ3n) is 2.74. The molecule has 18 heavy (non-hydrogen) atoms. The van der Waals surface area contributed by atoms with E-state index in [9.17, 15) is 13.2 Å². The van der Waals surface area contributed by atoms with Crippen LogP contribution in [0.25, 0.3) is 0 Å². The van der Waals surface area contributed by atoms with Gasteiger partial charge in [0, 0.05) is 6.54 Å². The van der Waals surface area contributed by atoms with Crippen LogP contribution >= 0.6 is 27.3 Å². The molecule has 0 amide bonds. The van der Waals surface area contributed by atoms with E-state index in [1.807, 2.05) is 0 Å². The molecule has 1 fully saturated rings. The maximum Gasteiger partial charge on any atom is 0.254 e. The highest BCUT2D eigenvalue weighted by Crippen LogP contribution is 2.31. The zero-order valence-corrected chi connectivity index (χ0v) is 12.6. The summed E-state index contributed by atoms with van der Waals surface area (Å²) in [6, 6.07) is 3.25. The van der Waals surface area contributed by atoms with Crippen LogP contribution in [0.4, 0.5) is 0 Å². The summed E-state index contributed by atoms with van der Waals surface area (Å²) in [4.78, 5) is 14.0. The topological polar surface area (TPSA) is 66.8 Å². The molecule has 2 rings (SSSR count). The molecule has 0 bridgehead atoms. The fourth-order valence-electron chi connectivity index (χ4n) is 1.91. The van der Waals surface area contributed by atoms with Crippen molar-refractivity contribution in [2.45, 2.75) is 29.6 Å². The van der Waals surface area contributed by atoms with Crippen molar-refractivity contribution in [3.63, 3.8) is 0 Å². The van der Waals surface area contributed by atoms with Crippen LogP contribution in [-0.4, -0.2) is 31.5 Å². The summed E-state index contributed by atoms with van der Waals surface area (Å²) in [5.41, 5.74) is 0. The normalized spacial score (nSPS) is 21.5. The van der Waals surface area contributed by atoms with Gasteiger partial charge in [0.15, 0.2) is 0 Å². The first-order chi connectivity index (χ1) is 8.55. The van der Waals surface area contributed by atoms with Crippen LogP contribution in [0.3, 0.4) is 0 Å². The minimum Gasteiger partial charge on any atom is -0.211 e. The minimum atomic E-state index is -3.56. The van der Waals surface area contributed by atoms with Crippen molar-refractivity contribution < 1.29 is 13.2 Å². The molecule has 1 aromatic heterocycles. The molecule has 1 unspecified atom stereocenters. The molecule has 0 aliphatic carbocycles. The Morgan fingerprint density at radius 1 is 1.44 bits per heavy atom. The predicted octanol–water partition coefficient (Wildman–Crippen LogP) is 2.35. The summed E-state index contributed by atoms with van der Waals surface area (Å²) >= 11 is 4.40. The van der Waals surface area contributed by atoms with E-state index < -0.39 is 16.2 Å². The third-order valence-corrected chi connectivity index (χ3v) is 6.72. The highest BCUT2D eigenvalue weighted by atomic mass is 79.9. The van der Waals surface area contributed by atoms with E-state index in [1.54, 1.807) is 12.1 Å². The second kappa shape index (κ2) is 5.63. The molecule has 0 N–H and O–H groups in total. The maximum atomic E-state index is 12.4. The van der Waals surface area contributed by atoms with Gasteiger partial charge in [-0.25, -0.2) is 13.2 Å². The second-order valence-electron chi connectivity index (χ2n) is 3.87. The van der Waals surface area contributed by atoms with Gasteiger partial charge in [-0.05, 0) is 47.3 Å². The quantitative estimate of drug-likeness (QED) is 0.620. The molecule has 1 saturated heterocycles. The second-order valence-corrected chi connectivity index (χ2v) is 8.45. The van der Waals surface area contributed by atoms with Crippen LogP contribution in [0.2, 0.25) is 0 Å². The lowest BCUT2D eigenvalue weighted by Crippen LogP contribution is -2.42. The van der Waals surface area contributed by atoms with Gasteiger partial charge in [0.1, 0.15) is 10.4 Å². The average Bonchev–Trinajstić information content (AvgIpc) is 2.78. The lowest BCUT2D eigenvalue weighted by atomic mass is 10.1. The number of halogens is 1. The van der Waals surface area contributed by atoms with Crippen molar-refractivity contribution in [1.82, 2.24) is 4.31 Å². The van der Waals surface area contributed by atoms with Gasteiger partial charge in [0.25, 0.3) is 10.0 Å².